The number of urea groups is 1. The van der Waals surface area contributed by atoms with Crippen LogP contribution < -0.4 is 14.8 Å². The summed E-state index contributed by atoms with van der Waals surface area (Å²) in [6.07, 6.45) is 3.11. The van der Waals surface area contributed by atoms with E-state index >= 15 is 0 Å². The summed E-state index contributed by atoms with van der Waals surface area (Å²) in [5, 5.41) is 4.35. The van der Waals surface area contributed by atoms with Gasteiger partial charge in [-0.2, -0.15) is 0 Å². The predicted molar refractivity (Wildman–Crippen MR) is 146 cm³/mol. The van der Waals surface area contributed by atoms with Gasteiger partial charge in [-0.05, 0) is 61.0 Å². The number of rotatable bonds is 4. The monoisotopic (exact) mass is 514 g/mol. The molecule has 0 saturated heterocycles. The second kappa shape index (κ2) is 9.61. The number of fused-ring (bicyclic) bond motifs is 5. The smallest absolute Gasteiger partial charge is 0.323 e. The molecule has 2 aromatic heterocycles. The number of carbonyl (C=O) groups is 1. The van der Waals surface area contributed by atoms with E-state index in [-0.39, 0.29) is 12.1 Å². The lowest BCUT2D eigenvalue weighted by Crippen LogP contribution is -2.38. The highest BCUT2D eigenvalue weighted by Gasteiger charge is 2.36. The van der Waals surface area contributed by atoms with Crippen LogP contribution in [0.4, 0.5) is 10.5 Å². The number of aromatic nitrogens is 1. The molecule has 2 aliphatic heterocycles. The van der Waals surface area contributed by atoms with E-state index in [1.54, 1.807) is 14.2 Å². The summed E-state index contributed by atoms with van der Waals surface area (Å²) in [5.41, 5.74) is 5.38. The average Bonchev–Trinajstić information content (AvgIpc) is 3.50. The molecule has 6 rings (SSSR count). The zero-order valence-corrected chi connectivity index (χ0v) is 22.0. The van der Waals surface area contributed by atoms with Gasteiger partial charge in [0.2, 0.25) is 0 Å². The Morgan fingerprint density at radius 1 is 0.973 bits per heavy atom. The second-order valence-electron chi connectivity index (χ2n) is 9.51. The van der Waals surface area contributed by atoms with Crippen molar-refractivity contribution in [3.05, 3.63) is 94.1 Å². The first-order chi connectivity index (χ1) is 18.1. The maximum Gasteiger partial charge on any atom is 0.323 e. The van der Waals surface area contributed by atoms with Crippen LogP contribution in [0.15, 0.2) is 66.9 Å². The van der Waals surface area contributed by atoms with Gasteiger partial charge in [-0.15, -0.1) is 11.3 Å². The predicted octanol–water partition coefficient (Wildman–Crippen LogP) is 5.68. The van der Waals surface area contributed by atoms with Crippen LogP contribution in [-0.2, 0) is 19.5 Å². The zero-order valence-electron chi connectivity index (χ0n) is 21.2. The third-order valence-electron chi connectivity index (χ3n) is 7.30. The summed E-state index contributed by atoms with van der Waals surface area (Å²) in [6, 6.07) is 19.3. The maximum atomic E-state index is 14.1. The van der Waals surface area contributed by atoms with E-state index in [0.717, 1.165) is 36.5 Å². The number of methoxy groups -OCH3 is 2. The Labute approximate surface area is 220 Å². The first-order valence-electron chi connectivity index (χ1n) is 12.4. The first kappa shape index (κ1) is 23.6. The van der Waals surface area contributed by atoms with E-state index in [1.807, 2.05) is 64.8 Å². The fourth-order valence-corrected chi connectivity index (χ4v) is 6.87. The summed E-state index contributed by atoms with van der Waals surface area (Å²) in [7, 11) is 5.45. The van der Waals surface area contributed by atoms with Gasteiger partial charge in [0.05, 0.1) is 38.2 Å². The summed E-state index contributed by atoms with van der Waals surface area (Å²) < 4.78 is 13.2. The number of benzene rings is 2. The van der Waals surface area contributed by atoms with Gasteiger partial charge in [0.1, 0.15) is 16.5 Å². The van der Waals surface area contributed by atoms with Crippen LogP contribution in [-0.4, -0.2) is 48.2 Å². The van der Waals surface area contributed by atoms with Crippen molar-refractivity contribution in [2.75, 3.05) is 33.1 Å². The van der Waals surface area contributed by atoms with Crippen LogP contribution in [0.2, 0.25) is 0 Å². The van der Waals surface area contributed by atoms with Gasteiger partial charge in [-0.25, -0.2) is 4.79 Å². The third kappa shape index (κ3) is 4.16. The molecular weight excluding hydrogens is 484 g/mol. The van der Waals surface area contributed by atoms with Crippen molar-refractivity contribution in [2.24, 2.45) is 0 Å². The molecule has 2 aromatic carbocycles. The molecule has 2 amide bonds. The Hall–Kier alpha value is -3.75. The van der Waals surface area contributed by atoms with Crippen molar-refractivity contribution < 1.29 is 14.3 Å². The molecule has 8 heteroatoms. The Morgan fingerprint density at radius 3 is 2.57 bits per heavy atom. The van der Waals surface area contributed by atoms with E-state index < -0.39 is 0 Å². The highest BCUT2D eigenvalue weighted by atomic mass is 32.1. The number of para-hydroxylation sites is 2. The fraction of sp³-hybridized carbons (Fsp3) is 0.276. The third-order valence-corrected chi connectivity index (χ3v) is 8.55. The average molecular weight is 515 g/mol. The minimum Gasteiger partial charge on any atom is -0.497 e. The molecule has 4 aromatic rings. The highest BCUT2D eigenvalue weighted by Crippen LogP contribution is 2.44. The second-order valence-corrected chi connectivity index (χ2v) is 10.6. The standard InChI is InChI=1S/C29H30N4O3S/c1-31-16-14-21-22-17-33(29(34)30-23-7-4-5-9-25(23)36-3)27(19-10-12-20(35-2)13-11-19)24-8-6-15-32(24)28(22)37-26(21)18-31/h4-13,15,27H,14,16-18H2,1-3H3,(H,30,34)/t27-/m1/s1. The summed E-state index contributed by atoms with van der Waals surface area (Å²) in [6.45, 7) is 2.48. The van der Waals surface area contributed by atoms with Gasteiger partial charge < -0.3 is 29.2 Å². The Bertz CT molecular complexity index is 1440. The molecule has 37 heavy (non-hydrogen) atoms. The number of amides is 2. The molecule has 1 N–H and O–H groups in total. The number of anilines is 1. The number of hydrogen-bond donors (Lipinski definition) is 1. The number of likely N-dealkylation sites (N-methyl/N-ethyl adjacent to an activating group) is 1. The summed E-state index contributed by atoms with van der Waals surface area (Å²) >= 11 is 1.85. The Balaban J connectivity index is 1.49. The molecule has 2 aliphatic rings. The van der Waals surface area contributed by atoms with Gasteiger partial charge in [0.25, 0.3) is 0 Å². The molecule has 1 atom stereocenters. The molecule has 0 bridgehead atoms. The largest absolute Gasteiger partial charge is 0.497 e. The van der Waals surface area contributed by atoms with Crippen molar-refractivity contribution in [3.8, 4) is 16.5 Å². The molecule has 0 spiro atoms. The molecule has 0 saturated carbocycles. The lowest BCUT2D eigenvalue weighted by Gasteiger charge is -2.32. The minimum atomic E-state index is -0.280. The molecule has 7 nitrogen and oxygen atoms in total. The van der Waals surface area contributed by atoms with E-state index in [9.17, 15) is 4.79 Å². The molecule has 0 aliphatic carbocycles. The van der Waals surface area contributed by atoms with E-state index in [4.69, 9.17) is 9.47 Å². The Kier molecular flexibility index (Phi) is 6.14. The van der Waals surface area contributed by atoms with Crippen LogP contribution in [0, 0.1) is 0 Å². The molecule has 0 radical (unpaired) electrons. The van der Waals surface area contributed by atoms with Gasteiger partial charge in [0.15, 0.2) is 0 Å². The minimum absolute atomic E-state index is 0.168. The highest BCUT2D eigenvalue weighted by molar-refractivity contribution is 7.15. The number of nitrogens with zero attached hydrogens (tertiary/aromatic N) is 3. The molecule has 0 unspecified atom stereocenters. The van der Waals surface area contributed by atoms with Gasteiger partial charge in [-0.1, -0.05) is 24.3 Å². The number of hydrogen-bond acceptors (Lipinski definition) is 5. The summed E-state index contributed by atoms with van der Waals surface area (Å²) in [4.78, 5) is 19.8. The van der Waals surface area contributed by atoms with Crippen LogP contribution in [0.5, 0.6) is 11.5 Å². The van der Waals surface area contributed by atoms with Gasteiger partial charge in [0, 0.05) is 29.7 Å². The van der Waals surface area contributed by atoms with E-state index in [1.165, 1.54) is 21.0 Å². The lowest BCUT2D eigenvalue weighted by atomic mass is 10.00. The Morgan fingerprint density at radius 2 is 1.78 bits per heavy atom. The summed E-state index contributed by atoms with van der Waals surface area (Å²) in [5.74, 6) is 1.42. The van der Waals surface area contributed by atoms with Crippen LogP contribution in [0.3, 0.4) is 0 Å². The fourth-order valence-electron chi connectivity index (χ4n) is 5.42. The number of ether oxygens (including phenoxy) is 2. The quantitative estimate of drug-likeness (QED) is 0.381. The van der Waals surface area contributed by atoms with Gasteiger partial charge >= 0.3 is 6.03 Å². The lowest BCUT2D eigenvalue weighted by molar-refractivity contribution is 0.194. The number of carbonyl (C=O) groups excluding carboxylic acids is 1. The molecule has 4 heterocycles. The van der Waals surface area contributed by atoms with Crippen molar-refractivity contribution in [3.63, 3.8) is 0 Å². The number of thiophene rings is 1. The van der Waals surface area contributed by atoms with Crippen molar-refractivity contribution in [2.45, 2.75) is 25.6 Å². The van der Waals surface area contributed by atoms with Crippen molar-refractivity contribution in [1.29, 1.82) is 0 Å². The van der Waals surface area contributed by atoms with Crippen molar-refractivity contribution >= 4 is 23.1 Å². The van der Waals surface area contributed by atoms with Crippen LogP contribution >= 0.6 is 11.3 Å². The normalized spacial score (nSPS) is 16.8. The van der Waals surface area contributed by atoms with Crippen LogP contribution in [0.25, 0.3) is 5.00 Å². The van der Waals surface area contributed by atoms with E-state index in [0.29, 0.717) is 18.0 Å². The topological polar surface area (TPSA) is 59.0 Å². The SMILES string of the molecule is COc1ccc([C@@H]2c3cccn3-c3sc4c(c3CN2C(=O)Nc2ccccc2OC)CCN(C)C4)cc1. The molecular formula is C29H30N4O3S. The molecule has 190 valence electrons. The van der Waals surface area contributed by atoms with Crippen molar-refractivity contribution in [1.82, 2.24) is 14.4 Å². The van der Waals surface area contributed by atoms with E-state index in [2.05, 4.69) is 40.2 Å². The molecule has 0 fully saturated rings. The maximum absolute atomic E-state index is 14.1. The number of nitrogens with one attached hydrogen (secondary N) is 1. The van der Waals surface area contributed by atoms with Gasteiger partial charge in [-0.3, -0.25) is 0 Å². The van der Waals surface area contributed by atoms with Crippen LogP contribution in [0.1, 0.15) is 33.3 Å². The zero-order chi connectivity index (χ0) is 25.5. The first-order valence-corrected chi connectivity index (χ1v) is 13.2.